The molecule has 4 heteroatoms. The van der Waals surface area contributed by atoms with Crippen LogP contribution in [0.5, 0.6) is 0 Å². The molecule has 0 saturated carbocycles. The van der Waals surface area contributed by atoms with Gasteiger partial charge in [-0.1, -0.05) is 61.8 Å². The van der Waals surface area contributed by atoms with Crippen molar-refractivity contribution in [2.45, 2.75) is 72.4 Å². The van der Waals surface area contributed by atoms with Crippen molar-refractivity contribution in [3.05, 3.63) is 22.5 Å². The summed E-state index contributed by atoms with van der Waals surface area (Å²) >= 11 is 0. The number of carbonyl (C=O) groups excluding carboxylic acids is 1. The highest BCUT2D eigenvalue weighted by Crippen LogP contribution is 2.22. The zero-order chi connectivity index (χ0) is 16.7. The molecule has 0 aromatic carbocycles. The normalized spacial score (nSPS) is 14.3. The molecular weight excluding hydrogens is 292 g/mol. The molecule has 21 heavy (non-hydrogen) atoms. The lowest BCUT2D eigenvalue weighted by Gasteiger charge is -2.22. The van der Waals surface area contributed by atoms with Gasteiger partial charge in [0.25, 0.3) is 0 Å². The molecule has 0 fully saturated rings. The van der Waals surface area contributed by atoms with Crippen molar-refractivity contribution in [3.63, 3.8) is 0 Å². The van der Waals surface area contributed by atoms with Gasteiger partial charge in [-0.05, 0) is 26.2 Å². The van der Waals surface area contributed by atoms with Crippen molar-refractivity contribution in [1.82, 2.24) is 0 Å². The summed E-state index contributed by atoms with van der Waals surface area (Å²) in [6.07, 6.45) is 7.86. The standard InChI is InChI=1S/C17H34O2Si2/c1-15(20(3,4)5)12-13-17(21(6,7)8)11-9-10-14-19-16(2)18/h11-12H,9-10,13-14H2,1-8H3/b15-12+,17-11-. The van der Waals surface area contributed by atoms with Gasteiger partial charge in [-0.25, -0.2) is 0 Å². The average molecular weight is 327 g/mol. The molecule has 0 atom stereocenters. The van der Waals surface area contributed by atoms with E-state index in [1.165, 1.54) is 6.92 Å². The second kappa shape index (κ2) is 8.74. The van der Waals surface area contributed by atoms with Crippen molar-refractivity contribution in [2.24, 2.45) is 0 Å². The number of carbonyl (C=O) groups is 1. The summed E-state index contributed by atoms with van der Waals surface area (Å²) in [5.41, 5.74) is 0. The second-order valence-electron chi connectivity index (χ2n) is 7.80. The molecular formula is C17H34O2Si2. The molecule has 0 unspecified atom stereocenters. The third-order valence-corrected chi connectivity index (χ3v) is 8.72. The van der Waals surface area contributed by atoms with E-state index in [9.17, 15) is 4.79 Å². The van der Waals surface area contributed by atoms with Gasteiger partial charge in [0, 0.05) is 6.92 Å². The molecule has 0 bridgehead atoms. The van der Waals surface area contributed by atoms with E-state index in [1.54, 1.807) is 10.4 Å². The van der Waals surface area contributed by atoms with E-state index >= 15 is 0 Å². The quantitative estimate of drug-likeness (QED) is 0.341. The van der Waals surface area contributed by atoms with Crippen LogP contribution in [0.3, 0.4) is 0 Å². The maximum atomic E-state index is 10.7. The van der Waals surface area contributed by atoms with Crippen molar-refractivity contribution < 1.29 is 9.53 Å². The monoisotopic (exact) mass is 326 g/mol. The summed E-state index contributed by atoms with van der Waals surface area (Å²) in [6, 6.07) is 0. The van der Waals surface area contributed by atoms with Gasteiger partial charge >= 0.3 is 5.97 Å². The number of unbranched alkanes of at least 4 members (excludes halogenated alkanes) is 1. The van der Waals surface area contributed by atoms with Gasteiger partial charge < -0.3 is 4.74 Å². The summed E-state index contributed by atoms with van der Waals surface area (Å²) in [5.74, 6) is -0.182. The molecule has 122 valence electrons. The predicted octanol–water partition coefficient (Wildman–Crippen LogP) is 5.35. The van der Waals surface area contributed by atoms with Gasteiger partial charge in [-0.2, -0.15) is 0 Å². The summed E-state index contributed by atoms with van der Waals surface area (Å²) in [4.78, 5) is 10.7. The van der Waals surface area contributed by atoms with Crippen molar-refractivity contribution in [1.29, 1.82) is 0 Å². The van der Waals surface area contributed by atoms with Crippen molar-refractivity contribution in [2.75, 3.05) is 6.61 Å². The Hall–Kier alpha value is -0.616. The fraction of sp³-hybridized carbons (Fsp3) is 0.706. The number of esters is 1. The van der Waals surface area contributed by atoms with Crippen molar-refractivity contribution in [3.8, 4) is 0 Å². The number of hydrogen-bond donors (Lipinski definition) is 0. The van der Waals surface area contributed by atoms with Gasteiger partial charge in [0.15, 0.2) is 0 Å². The molecule has 0 aromatic rings. The zero-order valence-corrected chi connectivity index (χ0v) is 17.3. The summed E-state index contributed by atoms with van der Waals surface area (Å²) in [7, 11) is -2.42. The van der Waals surface area contributed by atoms with Crippen LogP contribution in [-0.2, 0) is 9.53 Å². The predicted molar refractivity (Wildman–Crippen MR) is 99.0 cm³/mol. The van der Waals surface area contributed by atoms with Crippen LogP contribution in [0, 0.1) is 0 Å². The van der Waals surface area contributed by atoms with Crippen LogP contribution in [0.4, 0.5) is 0 Å². The van der Waals surface area contributed by atoms with Crippen LogP contribution in [0.15, 0.2) is 22.5 Å². The first-order chi connectivity index (χ1) is 9.44. The first-order valence-electron chi connectivity index (χ1n) is 7.94. The Morgan fingerprint density at radius 2 is 1.52 bits per heavy atom. The van der Waals surface area contributed by atoms with E-state index in [0.29, 0.717) is 6.61 Å². The minimum atomic E-state index is -1.27. The van der Waals surface area contributed by atoms with E-state index in [1.807, 2.05) is 0 Å². The molecule has 0 aliphatic rings. The molecule has 0 N–H and O–H groups in total. The van der Waals surface area contributed by atoms with E-state index in [2.05, 4.69) is 58.4 Å². The van der Waals surface area contributed by atoms with E-state index in [4.69, 9.17) is 4.74 Å². The number of ether oxygens (including phenoxy) is 1. The van der Waals surface area contributed by atoms with Gasteiger partial charge in [0.2, 0.25) is 0 Å². The van der Waals surface area contributed by atoms with E-state index in [0.717, 1.165) is 19.3 Å². The summed E-state index contributed by atoms with van der Waals surface area (Å²) in [5, 5.41) is 3.20. The minimum absolute atomic E-state index is 0.182. The van der Waals surface area contributed by atoms with Crippen LogP contribution in [-0.4, -0.2) is 28.7 Å². The van der Waals surface area contributed by atoms with Gasteiger partial charge in [0.1, 0.15) is 0 Å². The smallest absolute Gasteiger partial charge is 0.302 e. The fourth-order valence-corrected chi connectivity index (χ4v) is 4.03. The largest absolute Gasteiger partial charge is 0.466 e. The minimum Gasteiger partial charge on any atom is -0.466 e. The molecule has 0 rings (SSSR count). The van der Waals surface area contributed by atoms with Gasteiger partial charge in [0.05, 0.1) is 22.8 Å². The Balaban J connectivity index is 4.65. The molecule has 0 amide bonds. The maximum absolute atomic E-state index is 10.7. The second-order valence-corrected chi connectivity index (χ2v) is 18.2. The third kappa shape index (κ3) is 9.85. The van der Waals surface area contributed by atoms with Crippen LogP contribution in [0.2, 0.25) is 39.3 Å². The van der Waals surface area contributed by atoms with Gasteiger partial charge in [-0.15, -0.1) is 0 Å². The maximum Gasteiger partial charge on any atom is 0.302 e. The lowest BCUT2D eigenvalue weighted by atomic mass is 10.2. The highest BCUT2D eigenvalue weighted by atomic mass is 28.3. The van der Waals surface area contributed by atoms with Crippen LogP contribution in [0.1, 0.15) is 33.1 Å². The summed E-state index contributed by atoms with van der Waals surface area (Å²) in [6.45, 7) is 18.7. The zero-order valence-electron chi connectivity index (χ0n) is 15.3. The topological polar surface area (TPSA) is 26.3 Å². The number of hydrogen-bond acceptors (Lipinski definition) is 2. The Morgan fingerprint density at radius 3 is 1.95 bits per heavy atom. The molecule has 0 saturated heterocycles. The first kappa shape index (κ1) is 20.4. The van der Waals surface area contributed by atoms with Crippen LogP contribution >= 0.6 is 0 Å². The summed E-state index contributed by atoms with van der Waals surface area (Å²) < 4.78 is 4.99. The molecule has 0 spiro atoms. The van der Waals surface area contributed by atoms with E-state index < -0.39 is 16.1 Å². The molecule has 0 radical (unpaired) electrons. The molecule has 0 heterocycles. The Labute approximate surface area is 133 Å². The van der Waals surface area contributed by atoms with Crippen LogP contribution in [0.25, 0.3) is 0 Å². The number of rotatable bonds is 8. The van der Waals surface area contributed by atoms with Crippen LogP contribution < -0.4 is 0 Å². The Morgan fingerprint density at radius 1 is 0.952 bits per heavy atom. The Bertz CT molecular complexity index is 396. The molecule has 0 aliphatic heterocycles. The highest BCUT2D eigenvalue weighted by molar-refractivity contribution is 6.83. The highest BCUT2D eigenvalue weighted by Gasteiger charge is 2.20. The SMILES string of the molecule is CC(=O)OCCC/C=C(/C/C=C(\C)[Si](C)(C)C)[Si](C)(C)C. The fourth-order valence-electron chi connectivity index (χ4n) is 1.84. The lowest BCUT2D eigenvalue weighted by Crippen LogP contribution is -2.25. The first-order valence-corrected chi connectivity index (χ1v) is 14.9. The number of allylic oxidation sites excluding steroid dienone is 4. The lowest BCUT2D eigenvalue weighted by molar-refractivity contribution is -0.141. The third-order valence-electron chi connectivity index (χ3n) is 3.82. The van der Waals surface area contributed by atoms with Crippen molar-refractivity contribution >= 4 is 22.1 Å². The molecule has 0 aromatic heterocycles. The average Bonchev–Trinajstić information content (AvgIpc) is 2.28. The van der Waals surface area contributed by atoms with E-state index in [-0.39, 0.29) is 5.97 Å². The Kier molecular flexibility index (Phi) is 8.48. The van der Waals surface area contributed by atoms with Gasteiger partial charge in [-0.3, -0.25) is 4.79 Å². The molecule has 0 aliphatic carbocycles. The molecule has 2 nitrogen and oxygen atoms in total.